The molecule has 2 saturated heterocycles. The third-order valence-corrected chi connectivity index (χ3v) is 4.87. The van der Waals surface area contributed by atoms with E-state index in [-0.39, 0.29) is 17.9 Å². The summed E-state index contributed by atoms with van der Waals surface area (Å²) in [6, 6.07) is 0.369. The fraction of sp³-hybridized carbons (Fsp3) is 0.875. The highest BCUT2D eigenvalue weighted by Gasteiger charge is 2.35. The lowest BCUT2D eigenvalue weighted by atomic mass is 10.0. The molecule has 2 aliphatic heterocycles. The number of hydrogen-bond acceptors (Lipinski definition) is 4. The molecule has 2 aliphatic rings. The van der Waals surface area contributed by atoms with Crippen molar-refractivity contribution in [2.45, 2.75) is 57.5 Å². The van der Waals surface area contributed by atoms with E-state index in [0.717, 1.165) is 64.7 Å². The second-order valence-electron chi connectivity index (χ2n) is 6.51. The Kier molecular flexibility index (Phi) is 6.64. The Morgan fingerprint density at radius 2 is 1.91 bits per heavy atom. The maximum atomic E-state index is 11.8. The van der Waals surface area contributed by atoms with Gasteiger partial charge in [0.15, 0.2) is 0 Å². The molecule has 126 valence electrons. The van der Waals surface area contributed by atoms with Crippen LogP contribution in [0.25, 0.3) is 0 Å². The normalized spacial score (nSPS) is 24.5. The largest absolute Gasteiger partial charge is 0.368 e. The van der Waals surface area contributed by atoms with Gasteiger partial charge in [-0.15, -0.1) is 0 Å². The number of primary amides is 1. The van der Waals surface area contributed by atoms with Crippen molar-refractivity contribution in [3.05, 3.63) is 0 Å². The first kappa shape index (κ1) is 17.2. The van der Waals surface area contributed by atoms with Gasteiger partial charge in [-0.1, -0.05) is 13.3 Å². The molecule has 0 saturated carbocycles. The minimum atomic E-state index is -0.185. The highest BCUT2D eigenvalue weighted by molar-refractivity contribution is 5.80. The van der Waals surface area contributed by atoms with Gasteiger partial charge in [0.1, 0.15) is 0 Å². The summed E-state index contributed by atoms with van der Waals surface area (Å²) >= 11 is 0. The number of nitrogens with zero attached hydrogens (tertiary/aromatic N) is 2. The molecule has 6 heteroatoms. The summed E-state index contributed by atoms with van der Waals surface area (Å²) in [5.74, 6) is -0.0571. The van der Waals surface area contributed by atoms with Gasteiger partial charge in [0.2, 0.25) is 11.8 Å². The van der Waals surface area contributed by atoms with E-state index in [4.69, 9.17) is 5.73 Å². The van der Waals surface area contributed by atoms with Gasteiger partial charge in [-0.05, 0) is 38.6 Å². The van der Waals surface area contributed by atoms with Gasteiger partial charge in [0.05, 0.1) is 12.6 Å². The quantitative estimate of drug-likeness (QED) is 0.664. The zero-order chi connectivity index (χ0) is 15.9. The van der Waals surface area contributed by atoms with Crippen LogP contribution in [0.5, 0.6) is 0 Å². The van der Waals surface area contributed by atoms with Crippen LogP contribution in [0.4, 0.5) is 0 Å². The molecule has 2 heterocycles. The van der Waals surface area contributed by atoms with Crippen molar-refractivity contribution in [2.24, 2.45) is 5.73 Å². The van der Waals surface area contributed by atoms with Crippen LogP contribution in [0.1, 0.15) is 45.4 Å². The summed E-state index contributed by atoms with van der Waals surface area (Å²) in [5, 5.41) is 2.97. The molecule has 2 rings (SSSR count). The van der Waals surface area contributed by atoms with Crippen LogP contribution >= 0.6 is 0 Å². The van der Waals surface area contributed by atoms with Crippen molar-refractivity contribution in [1.29, 1.82) is 0 Å². The molecule has 0 unspecified atom stereocenters. The summed E-state index contributed by atoms with van der Waals surface area (Å²) < 4.78 is 0. The van der Waals surface area contributed by atoms with Gasteiger partial charge in [0.25, 0.3) is 0 Å². The van der Waals surface area contributed by atoms with Crippen LogP contribution in [0, 0.1) is 0 Å². The number of carbonyl (C=O) groups is 2. The average Bonchev–Trinajstić information content (AvgIpc) is 2.98. The lowest BCUT2D eigenvalue weighted by molar-refractivity contribution is -0.123. The second-order valence-corrected chi connectivity index (χ2v) is 6.51. The van der Waals surface area contributed by atoms with Crippen LogP contribution in [-0.2, 0) is 9.59 Å². The first-order chi connectivity index (χ1) is 10.6. The van der Waals surface area contributed by atoms with Gasteiger partial charge in [-0.2, -0.15) is 0 Å². The Morgan fingerprint density at radius 3 is 2.55 bits per heavy atom. The first-order valence-corrected chi connectivity index (χ1v) is 8.66. The zero-order valence-corrected chi connectivity index (χ0v) is 13.7. The van der Waals surface area contributed by atoms with Gasteiger partial charge < -0.3 is 11.1 Å². The lowest BCUT2D eigenvalue weighted by Crippen LogP contribution is -2.51. The molecule has 0 aromatic rings. The summed E-state index contributed by atoms with van der Waals surface area (Å²) in [6.07, 6.45) is 6.14. The average molecular weight is 310 g/mol. The number of amides is 2. The number of rotatable bonds is 7. The highest BCUT2D eigenvalue weighted by atomic mass is 16.2. The van der Waals surface area contributed by atoms with Crippen molar-refractivity contribution in [1.82, 2.24) is 15.1 Å². The molecule has 22 heavy (non-hydrogen) atoms. The van der Waals surface area contributed by atoms with Crippen molar-refractivity contribution in [2.75, 3.05) is 32.7 Å². The topological polar surface area (TPSA) is 78.7 Å². The Balaban J connectivity index is 1.71. The van der Waals surface area contributed by atoms with Crippen LogP contribution in [0.15, 0.2) is 0 Å². The lowest BCUT2D eigenvalue weighted by Gasteiger charge is -2.38. The summed E-state index contributed by atoms with van der Waals surface area (Å²) in [4.78, 5) is 27.9. The summed E-state index contributed by atoms with van der Waals surface area (Å²) in [6.45, 7) is 6.22. The van der Waals surface area contributed by atoms with Crippen molar-refractivity contribution in [3.8, 4) is 0 Å². The van der Waals surface area contributed by atoms with Gasteiger partial charge in [0, 0.05) is 25.7 Å². The van der Waals surface area contributed by atoms with Gasteiger partial charge >= 0.3 is 0 Å². The molecule has 0 radical (unpaired) electrons. The fourth-order valence-electron chi connectivity index (χ4n) is 3.60. The molecule has 0 aromatic heterocycles. The van der Waals surface area contributed by atoms with Gasteiger partial charge in [-0.25, -0.2) is 0 Å². The van der Waals surface area contributed by atoms with E-state index in [1.165, 1.54) is 0 Å². The maximum Gasteiger partial charge on any atom is 0.234 e. The van der Waals surface area contributed by atoms with Crippen LogP contribution in [0.3, 0.4) is 0 Å². The van der Waals surface area contributed by atoms with E-state index < -0.39 is 0 Å². The number of unbranched alkanes of at least 4 members (excludes halogenated alkanes) is 1. The molecule has 1 atom stereocenters. The Bertz CT molecular complexity index is 380. The second kappa shape index (κ2) is 8.48. The predicted octanol–water partition coefficient (Wildman–Crippen LogP) is 0.317. The van der Waals surface area contributed by atoms with Crippen molar-refractivity contribution >= 4 is 11.8 Å². The number of hydrogen-bond donors (Lipinski definition) is 2. The molecule has 2 fully saturated rings. The number of carbonyl (C=O) groups excluding carboxylic acids is 2. The SMILES string of the molecule is CCCCNC(=O)CN1CCC(N2CCC[C@@H]2C(N)=O)CC1. The molecule has 0 aliphatic carbocycles. The number of piperidine rings is 1. The minimum absolute atomic E-state index is 0.0751. The molecule has 2 amide bonds. The van der Waals surface area contributed by atoms with E-state index in [9.17, 15) is 9.59 Å². The molecule has 0 bridgehead atoms. The van der Waals surface area contributed by atoms with Crippen molar-refractivity contribution in [3.63, 3.8) is 0 Å². The first-order valence-electron chi connectivity index (χ1n) is 8.66. The molecule has 6 nitrogen and oxygen atoms in total. The Labute approximate surface area is 133 Å². The molecule has 0 aromatic carbocycles. The maximum absolute atomic E-state index is 11.8. The Morgan fingerprint density at radius 1 is 1.18 bits per heavy atom. The van der Waals surface area contributed by atoms with E-state index in [1.54, 1.807) is 0 Å². The third-order valence-electron chi connectivity index (χ3n) is 4.87. The standard InChI is InChI=1S/C16H30N4O2/c1-2-3-8-18-15(21)12-19-10-6-13(7-11-19)20-9-4-5-14(20)16(17)22/h13-14H,2-12H2,1H3,(H2,17,22)(H,18,21)/t14-/m1/s1. The number of nitrogens with two attached hydrogens (primary N) is 1. The fourth-order valence-corrected chi connectivity index (χ4v) is 3.60. The molecular formula is C16H30N4O2. The van der Waals surface area contributed by atoms with Gasteiger partial charge in [-0.3, -0.25) is 19.4 Å². The van der Waals surface area contributed by atoms with Crippen LogP contribution in [0.2, 0.25) is 0 Å². The molecule has 3 N–H and O–H groups in total. The molecule has 0 spiro atoms. The van der Waals surface area contributed by atoms with Crippen LogP contribution < -0.4 is 11.1 Å². The van der Waals surface area contributed by atoms with E-state index >= 15 is 0 Å². The number of likely N-dealkylation sites (tertiary alicyclic amines) is 2. The summed E-state index contributed by atoms with van der Waals surface area (Å²) in [7, 11) is 0. The smallest absolute Gasteiger partial charge is 0.234 e. The predicted molar refractivity (Wildman–Crippen MR) is 86.3 cm³/mol. The zero-order valence-electron chi connectivity index (χ0n) is 13.7. The Hall–Kier alpha value is -1.14. The van der Waals surface area contributed by atoms with E-state index in [0.29, 0.717) is 12.6 Å². The minimum Gasteiger partial charge on any atom is -0.368 e. The van der Waals surface area contributed by atoms with Crippen molar-refractivity contribution < 1.29 is 9.59 Å². The highest BCUT2D eigenvalue weighted by Crippen LogP contribution is 2.25. The monoisotopic (exact) mass is 310 g/mol. The third kappa shape index (κ3) is 4.68. The van der Waals surface area contributed by atoms with E-state index in [1.807, 2.05) is 0 Å². The van der Waals surface area contributed by atoms with E-state index in [2.05, 4.69) is 22.0 Å². The molecular weight excluding hydrogens is 280 g/mol. The summed E-state index contributed by atoms with van der Waals surface area (Å²) in [5.41, 5.74) is 5.50. The number of nitrogens with one attached hydrogen (secondary N) is 1. The van der Waals surface area contributed by atoms with Crippen LogP contribution in [-0.4, -0.2) is 66.4 Å².